The van der Waals surface area contributed by atoms with Gasteiger partial charge in [-0.15, -0.1) is 24.8 Å². The van der Waals surface area contributed by atoms with E-state index in [4.69, 9.17) is 4.74 Å². The molecular weight excluding hydrogens is 387 g/mol. The number of nitrogens with zero attached hydrogens (tertiary/aromatic N) is 2. The van der Waals surface area contributed by atoms with E-state index in [1.54, 1.807) is 7.11 Å². The van der Waals surface area contributed by atoms with Crippen LogP contribution in [0.5, 0.6) is 0 Å². The molecule has 3 rings (SSSR count). The first kappa shape index (κ1) is 23.7. The minimum atomic E-state index is -0.729. The molecule has 0 bridgehead atoms. The minimum absolute atomic E-state index is 0. The molecule has 1 saturated heterocycles. The highest BCUT2D eigenvalue weighted by Gasteiger charge is 2.39. The van der Waals surface area contributed by atoms with Crippen LogP contribution in [0.1, 0.15) is 12.8 Å². The van der Waals surface area contributed by atoms with Crippen LogP contribution in [0.2, 0.25) is 0 Å². The van der Waals surface area contributed by atoms with Gasteiger partial charge in [-0.25, -0.2) is 0 Å². The first-order valence-electron chi connectivity index (χ1n) is 8.85. The lowest BCUT2D eigenvalue weighted by molar-refractivity contribution is -0.140. The largest absolute Gasteiger partial charge is 0.368 e. The van der Waals surface area contributed by atoms with E-state index < -0.39 is 5.60 Å². The van der Waals surface area contributed by atoms with Gasteiger partial charge in [-0.05, 0) is 63.6 Å². The number of rotatable bonds is 6. The van der Waals surface area contributed by atoms with Crippen molar-refractivity contribution in [2.45, 2.75) is 25.0 Å². The molecule has 0 saturated carbocycles. The summed E-state index contributed by atoms with van der Waals surface area (Å²) in [6.45, 7) is 3.49. The molecule has 6 nitrogen and oxygen atoms in total. The van der Waals surface area contributed by atoms with Crippen LogP contribution in [-0.2, 0) is 16.1 Å². The van der Waals surface area contributed by atoms with Crippen LogP contribution in [-0.4, -0.2) is 61.8 Å². The lowest BCUT2D eigenvalue weighted by atomic mass is 9.91. The summed E-state index contributed by atoms with van der Waals surface area (Å²) in [7, 11) is 5.77. The van der Waals surface area contributed by atoms with Crippen LogP contribution >= 0.6 is 24.8 Å². The second kappa shape index (κ2) is 10.3. The number of amides is 1. The summed E-state index contributed by atoms with van der Waals surface area (Å²) < 4.78 is 7.83. The Hall–Kier alpha value is -1.31. The molecule has 8 heteroatoms. The van der Waals surface area contributed by atoms with Crippen molar-refractivity contribution < 1.29 is 9.53 Å². The number of nitrogens with one attached hydrogen (secondary N) is 2. The third-order valence-corrected chi connectivity index (χ3v) is 5.04. The molecule has 0 radical (unpaired) electrons. The van der Waals surface area contributed by atoms with Crippen LogP contribution in [0, 0.1) is 0 Å². The van der Waals surface area contributed by atoms with Crippen LogP contribution < -0.4 is 10.6 Å². The molecule has 1 aliphatic rings. The third-order valence-electron chi connectivity index (χ3n) is 5.04. The van der Waals surface area contributed by atoms with E-state index in [9.17, 15) is 4.79 Å². The SMILES string of the molecule is COC1(C(=O)Nc2ccc3ccn(CCN(C)C)c3c2)CCNCC1.Cl.Cl. The van der Waals surface area contributed by atoms with Gasteiger partial charge >= 0.3 is 0 Å². The van der Waals surface area contributed by atoms with E-state index >= 15 is 0 Å². The smallest absolute Gasteiger partial charge is 0.256 e. The number of carbonyl (C=O) groups is 1. The molecule has 152 valence electrons. The van der Waals surface area contributed by atoms with Crippen molar-refractivity contribution >= 4 is 47.3 Å². The van der Waals surface area contributed by atoms with Crippen molar-refractivity contribution in [2.75, 3.05) is 46.2 Å². The molecule has 0 atom stereocenters. The number of halogens is 2. The van der Waals surface area contributed by atoms with Crippen molar-refractivity contribution in [1.82, 2.24) is 14.8 Å². The Bertz CT molecular complexity index is 742. The molecule has 0 spiro atoms. The number of ether oxygens (including phenoxy) is 1. The van der Waals surface area contributed by atoms with E-state index in [0.717, 1.165) is 37.4 Å². The van der Waals surface area contributed by atoms with E-state index in [1.807, 2.05) is 12.1 Å². The molecule has 2 aromatic rings. The van der Waals surface area contributed by atoms with Crippen molar-refractivity contribution in [3.05, 3.63) is 30.5 Å². The lowest BCUT2D eigenvalue weighted by Crippen LogP contribution is -2.51. The molecule has 1 aromatic carbocycles. The van der Waals surface area contributed by atoms with E-state index in [-0.39, 0.29) is 30.7 Å². The van der Waals surface area contributed by atoms with Crippen LogP contribution in [0.15, 0.2) is 30.5 Å². The summed E-state index contributed by atoms with van der Waals surface area (Å²) in [6, 6.07) is 8.17. The Morgan fingerprint density at radius 2 is 1.96 bits per heavy atom. The average Bonchev–Trinajstić information content (AvgIpc) is 3.02. The fourth-order valence-electron chi connectivity index (χ4n) is 3.36. The number of carbonyl (C=O) groups excluding carboxylic acids is 1. The Labute approximate surface area is 173 Å². The predicted molar refractivity (Wildman–Crippen MR) is 115 cm³/mol. The van der Waals surface area contributed by atoms with Gasteiger partial charge in [0, 0.05) is 32.1 Å². The summed E-state index contributed by atoms with van der Waals surface area (Å²) in [5.74, 6) is -0.0535. The standard InChI is InChI=1S/C19H28N4O2.2ClH/c1-22(2)12-13-23-11-6-15-4-5-16(14-17(15)23)21-18(24)19(25-3)7-9-20-10-8-19;;/h4-6,11,14,20H,7-10,12-13H2,1-3H3,(H,21,24);2*1H. The van der Waals surface area contributed by atoms with Crippen molar-refractivity contribution in [1.29, 1.82) is 0 Å². The Morgan fingerprint density at radius 3 is 2.59 bits per heavy atom. The fraction of sp³-hybridized carbons (Fsp3) is 0.526. The molecule has 1 aromatic heterocycles. The third kappa shape index (κ3) is 5.36. The Kier molecular flexibility index (Phi) is 9.05. The Balaban J connectivity index is 0.00000182. The number of methoxy groups -OCH3 is 1. The van der Waals surface area contributed by atoms with E-state index in [2.05, 4.69) is 52.5 Å². The zero-order chi connectivity index (χ0) is 17.9. The molecule has 1 aliphatic heterocycles. The second-order valence-corrected chi connectivity index (χ2v) is 6.99. The van der Waals surface area contributed by atoms with E-state index in [1.165, 1.54) is 5.39 Å². The molecule has 1 amide bonds. The lowest BCUT2D eigenvalue weighted by Gasteiger charge is -2.34. The number of hydrogen-bond donors (Lipinski definition) is 2. The quantitative estimate of drug-likeness (QED) is 0.759. The Morgan fingerprint density at radius 1 is 1.26 bits per heavy atom. The van der Waals surface area contributed by atoms with Crippen LogP contribution in [0.25, 0.3) is 10.9 Å². The van der Waals surface area contributed by atoms with E-state index in [0.29, 0.717) is 12.8 Å². The number of aromatic nitrogens is 1. The van der Waals surface area contributed by atoms with Gasteiger partial charge in [0.1, 0.15) is 5.60 Å². The first-order valence-corrected chi connectivity index (χ1v) is 8.85. The first-order chi connectivity index (χ1) is 12.0. The van der Waals surface area contributed by atoms with Gasteiger partial charge < -0.3 is 24.8 Å². The molecule has 27 heavy (non-hydrogen) atoms. The minimum Gasteiger partial charge on any atom is -0.368 e. The normalized spacial score (nSPS) is 15.9. The predicted octanol–water partition coefficient (Wildman–Crippen LogP) is 2.75. The average molecular weight is 417 g/mol. The summed E-state index contributed by atoms with van der Waals surface area (Å²) in [4.78, 5) is 15.0. The summed E-state index contributed by atoms with van der Waals surface area (Å²) in [6.07, 6.45) is 3.48. The van der Waals surface area contributed by atoms with Gasteiger partial charge in [-0.2, -0.15) is 0 Å². The molecule has 0 unspecified atom stereocenters. The zero-order valence-corrected chi connectivity index (χ0v) is 17.8. The number of likely N-dealkylation sites (N-methyl/N-ethyl adjacent to an activating group) is 1. The fourth-order valence-corrected chi connectivity index (χ4v) is 3.36. The van der Waals surface area contributed by atoms with Gasteiger partial charge in [0.2, 0.25) is 0 Å². The maximum atomic E-state index is 12.8. The van der Waals surface area contributed by atoms with Crippen molar-refractivity contribution in [2.24, 2.45) is 0 Å². The van der Waals surface area contributed by atoms with Gasteiger partial charge in [0.05, 0.1) is 5.52 Å². The number of piperidine rings is 1. The highest BCUT2D eigenvalue weighted by Crippen LogP contribution is 2.26. The highest BCUT2D eigenvalue weighted by molar-refractivity contribution is 5.99. The summed E-state index contributed by atoms with van der Waals surface area (Å²) in [5.41, 5.74) is 1.22. The highest BCUT2D eigenvalue weighted by atomic mass is 35.5. The van der Waals surface area contributed by atoms with Crippen LogP contribution in [0.4, 0.5) is 5.69 Å². The monoisotopic (exact) mass is 416 g/mol. The number of fused-ring (bicyclic) bond motifs is 1. The maximum absolute atomic E-state index is 12.8. The van der Waals surface area contributed by atoms with Crippen molar-refractivity contribution in [3.63, 3.8) is 0 Å². The molecule has 2 heterocycles. The summed E-state index contributed by atoms with van der Waals surface area (Å²) in [5, 5.41) is 7.52. The molecule has 2 N–H and O–H groups in total. The maximum Gasteiger partial charge on any atom is 0.256 e. The zero-order valence-electron chi connectivity index (χ0n) is 16.2. The van der Waals surface area contributed by atoms with Gasteiger partial charge in [-0.1, -0.05) is 6.07 Å². The number of anilines is 1. The number of benzene rings is 1. The summed E-state index contributed by atoms with van der Waals surface area (Å²) >= 11 is 0. The topological polar surface area (TPSA) is 58.5 Å². The van der Waals surface area contributed by atoms with Gasteiger partial charge in [0.25, 0.3) is 5.91 Å². The van der Waals surface area contributed by atoms with Gasteiger partial charge in [-0.3, -0.25) is 4.79 Å². The van der Waals surface area contributed by atoms with Crippen LogP contribution in [0.3, 0.4) is 0 Å². The molecular formula is C19H30Cl2N4O2. The van der Waals surface area contributed by atoms with Crippen molar-refractivity contribution in [3.8, 4) is 0 Å². The molecule has 1 fully saturated rings. The second-order valence-electron chi connectivity index (χ2n) is 6.99. The molecule has 0 aliphatic carbocycles. The van der Waals surface area contributed by atoms with Gasteiger partial charge in [0.15, 0.2) is 0 Å². The number of hydrogen-bond acceptors (Lipinski definition) is 4.